The van der Waals surface area contributed by atoms with Gasteiger partial charge in [0, 0.05) is 49.1 Å². The van der Waals surface area contributed by atoms with Crippen LogP contribution in [0.3, 0.4) is 0 Å². The topological polar surface area (TPSA) is 53.4 Å². The maximum atomic E-state index is 13.6. The van der Waals surface area contributed by atoms with E-state index in [0.29, 0.717) is 23.4 Å². The number of nitrogens with one attached hydrogen (secondary N) is 1. The highest BCUT2D eigenvalue weighted by Crippen LogP contribution is 2.25. The molecule has 0 spiro atoms. The number of hydrogen-bond donors (Lipinski definition) is 1. The fraction of sp³-hybridized carbons (Fsp3) is 0.182. The predicted molar refractivity (Wildman–Crippen MR) is 105 cm³/mol. The lowest BCUT2D eigenvalue weighted by molar-refractivity contribution is 0.243. The molecule has 3 heterocycles. The first-order valence-electron chi connectivity index (χ1n) is 9.33. The van der Waals surface area contributed by atoms with Crippen LogP contribution in [0.15, 0.2) is 65.6 Å². The van der Waals surface area contributed by atoms with E-state index in [1.165, 1.54) is 22.1 Å². The molecular formula is C22H19FN4O. The minimum Gasteiger partial charge on any atom is -0.310 e. The molecule has 0 saturated carbocycles. The van der Waals surface area contributed by atoms with Gasteiger partial charge >= 0.3 is 5.69 Å². The van der Waals surface area contributed by atoms with E-state index in [9.17, 15) is 9.18 Å². The van der Waals surface area contributed by atoms with Crippen LogP contribution in [0.5, 0.6) is 0 Å². The largest absolute Gasteiger partial charge is 0.331 e. The first-order chi connectivity index (χ1) is 13.7. The van der Waals surface area contributed by atoms with Gasteiger partial charge in [-0.25, -0.2) is 14.2 Å². The lowest BCUT2D eigenvalue weighted by atomic mass is 10.1. The maximum absolute atomic E-state index is 13.6. The molecule has 1 aliphatic heterocycles. The first kappa shape index (κ1) is 16.9. The van der Waals surface area contributed by atoms with E-state index in [1.54, 1.807) is 18.3 Å². The van der Waals surface area contributed by atoms with Gasteiger partial charge in [-0.15, -0.1) is 0 Å². The maximum Gasteiger partial charge on any atom is 0.331 e. The standard InChI is InChI=1S/C22H19FN4O/c23-17-8-4-7-16(11-17)20-14-27-21(24-20)18-13-26(10-9-19(18)25-22(27)28)12-15-5-2-1-3-6-15/h1-8,11,14H,9-10,12-13H2,(H,25,28). The Morgan fingerprint density at radius 3 is 2.79 bits per heavy atom. The van der Waals surface area contributed by atoms with Crippen LogP contribution in [0, 0.1) is 5.82 Å². The van der Waals surface area contributed by atoms with Crippen LogP contribution in [-0.4, -0.2) is 25.8 Å². The molecule has 5 rings (SSSR count). The van der Waals surface area contributed by atoms with Crippen LogP contribution in [0.4, 0.5) is 4.39 Å². The molecule has 5 nitrogen and oxygen atoms in total. The lowest BCUT2D eigenvalue weighted by Crippen LogP contribution is -2.33. The molecule has 2 aromatic carbocycles. The van der Waals surface area contributed by atoms with Crippen molar-refractivity contribution in [2.75, 3.05) is 6.54 Å². The summed E-state index contributed by atoms with van der Waals surface area (Å²) >= 11 is 0. The third-order valence-electron chi connectivity index (χ3n) is 5.25. The number of rotatable bonds is 3. The molecule has 0 atom stereocenters. The van der Waals surface area contributed by atoms with Gasteiger partial charge in [0.2, 0.25) is 0 Å². The summed E-state index contributed by atoms with van der Waals surface area (Å²) in [5, 5.41) is 0. The quantitative estimate of drug-likeness (QED) is 0.598. The van der Waals surface area contributed by atoms with E-state index in [1.807, 2.05) is 18.2 Å². The third-order valence-corrected chi connectivity index (χ3v) is 5.25. The number of nitrogens with zero attached hydrogens (tertiary/aromatic N) is 3. The number of benzene rings is 2. The van der Waals surface area contributed by atoms with Gasteiger partial charge in [0.1, 0.15) is 11.5 Å². The highest BCUT2D eigenvalue weighted by Gasteiger charge is 2.22. The normalized spacial score (nSPS) is 14.3. The first-order valence-corrected chi connectivity index (χ1v) is 9.33. The number of H-pyrrole nitrogens is 1. The summed E-state index contributed by atoms with van der Waals surface area (Å²) in [4.78, 5) is 22.6. The van der Waals surface area contributed by atoms with Crippen LogP contribution < -0.4 is 5.69 Å². The molecule has 0 radical (unpaired) electrons. The smallest absolute Gasteiger partial charge is 0.310 e. The van der Waals surface area contributed by atoms with Crippen LogP contribution in [-0.2, 0) is 19.5 Å². The molecule has 0 bridgehead atoms. The van der Waals surface area contributed by atoms with Gasteiger partial charge in [-0.1, -0.05) is 42.5 Å². The SMILES string of the molecule is O=c1[nH]c2c(c3nc(-c4cccc(F)c4)cn13)CN(Cc1ccccc1)CC2. The molecule has 2 aromatic heterocycles. The predicted octanol–water partition coefficient (Wildman–Crippen LogP) is 3.39. The fourth-order valence-electron chi connectivity index (χ4n) is 3.86. The van der Waals surface area contributed by atoms with E-state index in [2.05, 4.69) is 27.0 Å². The third kappa shape index (κ3) is 3.01. The second-order valence-corrected chi connectivity index (χ2v) is 7.16. The monoisotopic (exact) mass is 374 g/mol. The summed E-state index contributed by atoms with van der Waals surface area (Å²) in [7, 11) is 0. The zero-order valence-electron chi connectivity index (χ0n) is 15.2. The minimum absolute atomic E-state index is 0.208. The van der Waals surface area contributed by atoms with Crippen LogP contribution in [0.1, 0.15) is 16.8 Å². The summed E-state index contributed by atoms with van der Waals surface area (Å²) in [6.45, 7) is 2.44. The zero-order chi connectivity index (χ0) is 19.1. The van der Waals surface area contributed by atoms with Gasteiger partial charge in [-0.2, -0.15) is 0 Å². The molecule has 0 saturated heterocycles. The molecule has 0 unspecified atom stereocenters. The molecule has 4 aromatic rings. The van der Waals surface area contributed by atoms with Gasteiger partial charge < -0.3 is 4.98 Å². The highest BCUT2D eigenvalue weighted by atomic mass is 19.1. The van der Waals surface area contributed by atoms with Crippen molar-refractivity contribution in [3.63, 3.8) is 0 Å². The molecule has 28 heavy (non-hydrogen) atoms. The average Bonchev–Trinajstić information content (AvgIpc) is 3.16. The summed E-state index contributed by atoms with van der Waals surface area (Å²) in [5.74, 6) is -0.320. The minimum atomic E-state index is -0.320. The van der Waals surface area contributed by atoms with Gasteiger partial charge in [0.15, 0.2) is 0 Å². The van der Waals surface area contributed by atoms with Crippen LogP contribution >= 0.6 is 0 Å². The van der Waals surface area contributed by atoms with E-state index in [-0.39, 0.29) is 11.5 Å². The van der Waals surface area contributed by atoms with Crippen molar-refractivity contribution >= 4 is 5.65 Å². The van der Waals surface area contributed by atoms with Gasteiger partial charge in [-0.3, -0.25) is 9.30 Å². The van der Waals surface area contributed by atoms with E-state index in [0.717, 1.165) is 30.8 Å². The Balaban J connectivity index is 1.55. The molecule has 1 N–H and O–H groups in total. The Bertz CT molecular complexity index is 1210. The van der Waals surface area contributed by atoms with Crippen molar-refractivity contribution in [2.45, 2.75) is 19.5 Å². The summed E-state index contributed by atoms with van der Waals surface area (Å²) in [6.07, 6.45) is 2.45. The van der Waals surface area contributed by atoms with E-state index in [4.69, 9.17) is 0 Å². The Hall–Kier alpha value is -3.25. The Kier molecular flexibility index (Phi) is 4.06. The Labute approximate surface area is 161 Å². The Morgan fingerprint density at radius 1 is 1.11 bits per heavy atom. The van der Waals surface area contributed by atoms with Crippen molar-refractivity contribution in [1.29, 1.82) is 0 Å². The van der Waals surface area contributed by atoms with Crippen molar-refractivity contribution < 1.29 is 4.39 Å². The summed E-state index contributed by atoms with van der Waals surface area (Å²) < 4.78 is 15.1. The molecule has 0 fully saturated rings. The Morgan fingerprint density at radius 2 is 1.96 bits per heavy atom. The van der Waals surface area contributed by atoms with Crippen molar-refractivity contribution in [3.05, 3.63) is 93.9 Å². The summed E-state index contributed by atoms with van der Waals surface area (Å²) in [5.41, 5.74) is 4.93. The van der Waals surface area contributed by atoms with Crippen LogP contribution in [0.2, 0.25) is 0 Å². The summed E-state index contributed by atoms with van der Waals surface area (Å²) in [6, 6.07) is 16.6. The van der Waals surface area contributed by atoms with Crippen molar-refractivity contribution in [3.8, 4) is 11.3 Å². The molecule has 140 valence electrons. The van der Waals surface area contributed by atoms with Crippen molar-refractivity contribution in [1.82, 2.24) is 19.3 Å². The fourth-order valence-corrected chi connectivity index (χ4v) is 3.86. The van der Waals surface area contributed by atoms with Gasteiger partial charge in [0.25, 0.3) is 0 Å². The number of hydrogen-bond acceptors (Lipinski definition) is 3. The zero-order valence-corrected chi connectivity index (χ0v) is 15.2. The molecule has 0 amide bonds. The van der Waals surface area contributed by atoms with E-state index < -0.39 is 0 Å². The lowest BCUT2D eigenvalue weighted by Gasteiger charge is -2.28. The molecular weight excluding hydrogens is 355 g/mol. The number of aromatic nitrogens is 3. The number of halogens is 1. The average molecular weight is 374 g/mol. The second-order valence-electron chi connectivity index (χ2n) is 7.16. The number of aromatic amines is 1. The van der Waals surface area contributed by atoms with E-state index >= 15 is 0 Å². The van der Waals surface area contributed by atoms with Crippen molar-refractivity contribution in [2.24, 2.45) is 0 Å². The van der Waals surface area contributed by atoms with Gasteiger partial charge in [0.05, 0.1) is 5.69 Å². The van der Waals surface area contributed by atoms with Gasteiger partial charge in [-0.05, 0) is 17.7 Å². The molecule has 0 aliphatic carbocycles. The van der Waals surface area contributed by atoms with Crippen LogP contribution in [0.25, 0.3) is 16.9 Å². The second kappa shape index (κ2) is 6.73. The number of fused-ring (bicyclic) bond motifs is 3. The number of imidazole rings is 1. The molecule has 6 heteroatoms. The molecule has 1 aliphatic rings. The highest BCUT2D eigenvalue weighted by molar-refractivity contribution is 5.64.